The summed E-state index contributed by atoms with van der Waals surface area (Å²) in [6.45, 7) is 0. The van der Waals surface area contributed by atoms with Gasteiger partial charge in [0.2, 0.25) is 0 Å². The van der Waals surface area contributed by atoms with E-state index in [9.17, 15) is 4.39 Å². The second-order valence-corrected chi connectivity index (χ2v) is 4.04. The van der Waals surface area contributed by atoms with Gasteiger partial charge >= 0.3 is 0 Å². The van der Waals surface area contributed by atoms with Crippen LogP contribution in [0.15, 0.2) is 71.3 Å². The number of halogens is 1. The first-order valence-corrected chi connectivity index (χ1v) is 5.73. The summed E-state index contributed by atoms with van der Waals surface area (Å²) < 4.78 is 19.2. The Morgan fingerprint density at radius 1 is 0.778 bits per heavy atom. The summed E-state index contributed by atoms with van der Waals surface area (Å²) in [6.07, 6.45) is 1.54. The van der Waals surface area contributed by atoms with Gasteiger partial charge in [-0.2, -0.15) is 0 Å². The molecule has 3 rings (SSSR count). The molecule has 1 aromatic heterocycles. The normalized spacial score (nSPS) is 10.5. The predicted molar refractivity (Wildman–Crippen MR) is 69.5 cm³/mol. The fourth-order valence-electron chi connectivity index (χ4n) is 1.96. The van der Waals surface area contributed by atoms with Crippen molar-refractivity contribution in [3.8, 4) is 22.5 Å². The maximum Gasteiger partial charge on any atom is 0.136 e. The fraction of sp³-hybridized carbons (Fsp3) is 0. The van der Waals surface area contributed by atoms with Crippen molar-refractivity contribution in [1.82, 2.24) is 0 Å². The molecule has 0 atom stereocenters. The number of furan rings is 1. The van der Waals surface area contributed by atoms with Crippen LogP contribution in [0.2, 0.25) is 0 Å². The molecule has 0 aliphatic carbocycles. The number of hydrogen-bond acceptors (Lipinski definition) is 1. The predicted octanol–water partition coefficient (Wildman–Crippen LogP) is 4.75. The third-order valence-electron chi connectivity index (χ3n) is 2.86. The maximum atomic E-state index is 14.0. The van der Waals surface area contributed by atoms with Gasteiger partial charge in [0.25, 0.3) is 0 Å². The van der Waals surface area contributed by atoms with Gasteiger partial charge in [0.05, 0.1) is 11.8 Å². The van der Waals surface area contributed by atoms with Crippen molar-refractivity contribution in [2.24, 2.45) is 0 Å². The number of rotatable bonds is 2. The zero-order chi connectivity index (χ0) is 12.4. The second-order valence-electron chi connectivity index (χ2n) is 4.04. The minimum absolute atomic E-state index is 0.272. The van der Waals surface area contributed by atoms with E-state index in [1.54, 1.807) is 24.5 Å². The standard InChI is InChI=1S/C16H11FO/c17-15-11-13(12-5-2-1-3-6-12)8-9-14(15)16-7-4-10-18-16/h1-11H. The van der Waals surface area contributed by atoms with Crippen LogP contribution in [-0.2, 0) is 0 Å². The van der Waals surface area contributed by atoms with Crippen molar-refractivity contribution >= 4 is 0 Å². The molecule has 88 valence electrons. The molecule has 0 aliphatic heterocycles. The van der Waals surface area contributed by atoms with Crippen LogP contribution in [0.5, 0.6) is 0 Å². The Kier molecular flexibility index (Phi) is 2.69. The molecule has 0 saturated carbocycles. The van der Waals surface area contributed by atoms with Crippen LogP contribution in [0.25, 0.3) is 22.5 Å². The molecule has 1 nitrogen and oxygen atoms in total. The molecule has 2 aromatic carbocycles. The Balaban J connectivity index is 2.05. The minimum atomic E-state index is -0.272. The van der Waals surface area contributed by atoms with E-state index in [1.165, 1.54) is 6.07 Å². The molecule has 0 spiro atoms. The average molecular weight is 238 g/mol. The van der Waals surface area contributed by atoms with Crippen molar-refractivity contribution in [2.75, 3.05) is 0 Å². The van der Waals surface area contributed by atoms with Crippen molar-refractivity contribution in [3.63, 3.8) is 0 Å². The highest BCUT2D eigenvalue weighted by Crippen LogP contribution is 2.27. The Morgan fingerprint density at radius 2 is 1.61 bits per heavy atom. The zero-order valence-corrected chi connectivity index (χ0v) is 9.64. The van der Waals surface area contributed by atoms with E-state index >= 15 is 0 Å². The van der Waals surface area contributed by atoms with Crippen LogP contribution in [0.4, 0.5) is 4.39 Å². The maximum absolute atomic E-state index is 14.0. The van der Waals surface area contributed by atoms with Crippen LogP contribution < -0.4 is 0 Å². The highest BCUT2D eigenvalue weighted by Gasteiger charge is 2.08. The van der Waals surface area contributed by atoms with Gasteiger partial charge in [-0.1, -0.05) is 36.4 Å². The molecular formula is C16H11FO. The topological polar surface area (TPSA) is 13.1 Å². The molecule has 2 heteroatoms. The van der Waals surface area contributed by atoms with Gasteiger partial charge in [-0.25, -0.2) is 4.39 Å². The van der Waals surface area contributed by atoms with E-state index in [4.69, 9.17) is 4.42 Å². The summed E-state index contributed by atoms with van der Waals surface area (Å²) in [7, 11) is 0. The van der Waals surface area contributed by atoms with Gasteiger partial charge in [0.1, 0.15) is 11.6 Å². The van der Waals surface area contributed by atoms with E-state index in [-0.39, 0.29) is 5.82 Å². The van der Waals surface area contributed by atoms with E-state index in [1.807, 2.05) is 36.4 Å². The highest BCUT2D eigenvalue weighted by molar-refractivity contribution is 5.68. The van der Waals surface area contributed by atoms with Crippen LogP contribution in [-0.4, -0.2) is 0 Å². The third-order valence-corrected chi connectivity index (χ3v) is 2.86. The van der Waals surface area contributed by atoms with E-state index < -0.39 is 0 Å². The molecule has 0 fully saturated rings. The molecule has 0 saturated heterocycles. The summed E-state index contributed by atoms with van der Waals surface area (Å²) in [4.78, 5) is 0. The largest absolute Gasteiger partial charge is 0.464 e. The summed E-state index contributed by atoms with van der Waals surface area (Å²) >= 11 is 0. The lowest BCUT2D eigenvalue weighted by Crippen LogP contribution is -1.85. The van der Waals surface area contributed by atoms with Crippen molar-refractivity contribution < 1.29 is 8.81 Å². The van der Waals surface area contributed by atoms with Crippen LogP contribution in [0.1, 0.15) is 0 Å². The fourth-order valence-corrected chi connectivity index (χ4v) is 1.96. The smallest absolute Gasteiger partial charge is 0.136 e. The van der Waals surface area contributed by atoms with Crippen LogP contribution >= 0.6 is 0 Å². The third kappa shape index (κ3) is 1.93. The van der Waals surface area contributed by atoms with E-state index in [0.717, 1.165) is 11.1 Å². The van der Waals surface area contributed by atoms with Gasteiger partial charge < -0.3 is 4.42 Å². The van der Waals surface area contributed by atoms with Gasteiger partial charge in [-0.3, -0.25) is 0 Å². The first-order valence-electron chi connectivity index (χ1n) is 5.73. The Bertz CT molecular complexity index is 642. The molecule has 0 aliphatic rings. The molecule has 0 unspecified atom stereocenters. The molecule has 0 radical (unpaired) electrons. The lowest BCUT2D eigenvalue weighted by molar-refractivity contribution is 0.569. The van der Waals surface area contributed by atoms with E-state index in [0.29, 0.717) is 11.3 Å². The summed E-state index contributed by atoms with van der Waals surface area (Å²) in [5.74, 6) is 0.276. The monoisotopic (exact) mass is 238 g/mol. The number of hydrogen-bond donors (Lipinski definition) is 0. The summed E-state index contributed by atoms with van der Waals surface area (Å²) in [6, 6.07) is 18.4. The van der Waals surface area contributed by atoms with Crippen LogP contribution in [0, 0.1) is 5.82 Å². The average Bonchev–Trinajstić information content (AvgIpc) is 2.93. The van der Waals surface area contributed by atoms with Crippen LogP contribution in [0.3, 0.4) is 0 Å². The molecule has 0 amide bonds. The van der Waals surface area contributed by atoms with Gasteiger partial charge in [-0.05, 0) is 35.4 Å². The van der Waals surface area contributed by atoms with Crippen molar-refractivity contribution in [2.45, 2.75) is 0 Å². The van der Waals surface area contributed by atoms with Gasteiger partial charge in [0, 0.05) is 0 Å². The zero-order valence-electron chi connectivity index (χ0n) is 9.64. The first kappa shape index (κ1) is 10.8. The molecule has 18 heavy (non-hydrogen) atoms. The SMILES string of the molecule is Fc1cc(-c2ccccc2)ccc1-c1ccco1. The Morgan fingerprint density at radius 3 is 2.28 bits per heavy atom. The van der Waals surface area contributed by atoms with Gasteiger partial charge in [0.15, 0.2) is 0 Å². The molecule has 1 heterocycles. The number of benzene rings is 2. The Labute approximate surface area is 105 Å². The molecule has 3 aromatic rings. The Hall–Kier alpha value is -2.35. The quantitative estimate of drug-likeness (QED) is 0.627. The lowest BCUT2D eigenvalue weighted by Gasteiger charge is -2.04. The summed E-state index contributed by atoms with van der Waals surface area (Å²) in [5.41, 5.74) is 2.35. The van der Waals surface area contributed by atoms with Gasteiger partial charge in [-0.15, -0.1) is 0 Å². The molecule has 0 bridgehead atoms. The molecular weight excluding hydrogens is 227 g/mol. The molecule has 0 N–H and O–H groups in total. The first-order chi connectivity index (χ1) is 8.84. The summed E-state index contributed by atoms with van der Waals surface area (Å²) in [5, 5.41) is 0. The van der Waals surface area contributed by atoms with E-state index in [2.05, 4.69) is 0 Å². The lowest BCUT2D eigenvalue weighted by atomic mass is 10.0. The second kappa shape index (κ2) is 4.49. The minimum Gasteiger partial charge on any atom is -0.464 e. The highest BCUT2D eigenvalue weighted by atomic mass is 19.1. The van der Waals surface area contributed by atoms with Crippen molar-refractivity contribution in [1.29, 1.82) is 0 Å². The van der Waals surface area contributed by atoms with Crippen molar-refractivity contribution in [3.05, 3.63) is 72.7 Å².